The van der Waals surface area contributed by atoms with Crippen LogP contribution in [0.2, 0.25) is 0 Å². The number of hydrogen-bond donors (Lipinski definition) is 1. The fourth-order valence-electron chi connectivity index (χ4n) is 2.49. The predicted molar refractivity (Wildman–Crippen MR) is 72.1 cm³/mol. The summed E-state index contributed by atoms with van der Waals surface area (Å²) in [5.74, 6) is -0.203. The predicted octanol–water partition coefficient (Wildman–Crippen LogP) is -0.00660. The second-order valence-corrected chi connectivity index (χ2v) is 6.78. The van der Waals surface area contributed by atoms with Crippen LogP contribution in [0.25, 0.3) is 0 Å². The van der Waals surface area contributed by atoms with Gasteiger partial charge in [-0.2, -0.15) is 4.31 Å². The van der Waals surface area contributed by atoms with E-state index in [-0.39, 0.29) is 10.8 Å². The Morgan fingerprint density at radius 2 is 1.95 bits per heavy atom. The molecule has 0 radical (unpaired) electrons. The fraction of sp³-hybridized carbons (Fsp3) is 0.462. The lowest BCUT2D eigenvalue weighted by atomic mass is 10.0. The molecule has 108 valence electrons. The number of carbonyl (C=O) groups is 1. The molecule has 2 aliphatic heterocycles. The number of hydrogen-bond acceptors (Lipinski definition) is 4. The van der Waals surface area contributed by atoms with Crippen LogP contribution in [0.3, 0.4) is 0 Å². The first kappa shape index (κ1) is 13.5. The topological polar surface area (TPSA) is 75.7 Å². The Hall–Kier alpha value is -1.44. The van der Waals surface area contributed by atoms with E-state index in [0.29, 0.717) is 38.4 Å². The third kappa shape index (κ3) is 2.32. The second kappa shape index (κ2) is 5.16. The monoisotopic (exact) mass is 296 g/mol. The molecule has 7 heteroatoms. The summed E-state index contributed by atoms with van der Waals surface area (Å²) in [7, 11) is -3.55. The summed E-state index contributed by atoms with van der Waals surface area (Å²) in [5, 5.41) is 2.73. The van der Waals surface area contributed by atoms with Crippen molar-refractivity contribution >= 4 is 15.9 Å². The minimum atomic E-state index is -3.55. The smallest absolute Gasteiger partial charge is 0.251 e. The van der Waals surface area contributed by atoms with E-state index in [1.807, 2.05) is 0 Å². The molecule has 0 aliphatic carbocycles. The van der Waals surface area contributed by atoms with Gasteiger partial charge in [0.15, 0.2) is 0 Å². The van der Waals surface area contributed by atoms with Crippen LogP contribution in [0.1, 0.15) is 15.9 Å². The number of nitrogens with zero attached hydrogens (tertiary/aromatic N) is 1. The molecule has 2 heterocycles. The summed E-state index contributed by atoms with van der Waals surface area (Å²) in [6, 6.07) is 4.80. The number of rotatable bonds is 2. The maximum absolute atomic E-state index is 12.5. The van der Waals surface area contributed by atoms with Crippen molar-refractivity contribution in [3.63, 3.8) is 0 Å². The summed E-state index contributed by atoms with van der Waals surface area (Å²) in [5.41, 5.74) is 1.36. The van der Waals surface area contributed by atoms with Crippen molar-refractivity contribution in [3.8, 4) is 0 Å². The number of ether oxygens (including phenoxy) is 1. The molecule has 1 N–H and O–H groups in total. The Kier molecular flexibility index (Phi) is 3.49. The third-order valence-electron chi connectivity index (χ3n) is 3.61. The van der Waals surface area contributed by atoms with Gasteiger partial charge in [-0.05, 0) is 24.1 Å². The summed E-state index contributed by atoms with van der Waals surface area (Å²) < 4.78 is 31.6. The lowest BCUT2D eigenvalue weighted by Crippen LogP contribution is -2.40. The highest BCUT2D eigenvalue weighted by molar-refractivity contribution is 7.89. The molecular weight excluding hydrogens is 280 g/mol. The first-order valence-electron chi connectivity index (χ1n) is 6.58. The normalized spacial score (nSPS) is 20.3. The highest BCUT2D eigenvalue weighted by Gasteiger charge is 2.28. The minimum Gasteiger partial charge on any atom is -0.379 e. The van der Waals surface area contributed by atoms with E-state index in [1.165, 1.54) is 10.4 Å². The van der Waals surface area contributed by atoms with Gasteiger partial charge in [-0.25, -0.2) is 8.42 Å². The van der Waals surface area contributed by atoms with Gasteiger partial charge in [-0.3, -0.25) is 4.79 Å². The van der Waals surface area contributed by atoms with Crippen molar-refractivity contribution < 1.29 is 17.9 Å². The van der Waals surface area contributed by atoms with Gasteiger partial charge in [-0.1, -0.05) is 6.07 Å². The van der Waals surface area contributed by atoms with E-state index in [1.54, 1.807) is 12.1 Å². The number of nitrogens with one attached hydrogen (secondary N) is 1. The Balaban J connectivity index is 1.97. The lowest BCUT2D eigenvalue weighted by molar-refractivity contribution is 0.0730. The summed E-state index contributed by atoms with van der Waals surface area (Å²) in [6.45, 7) is 2.12. The van der Waals surface area contributed by atoms with Gasteiger partial charge in [0.2, 0.25) is 10.0 Å². The highest BCUT2D eigenvalue weighted by atomic mass is 32.2. The van der Waals surface area contributed by atoms with Crippen LogP contribution in [0.5, 0.6) is 0 Å². The average Bonchev–Trinajstić information content (AvgIpc) is 2.48. The maximum atomic E-state index is 12.5. The van der Waals surface area contributed by atoms with Crippen LogP contribution < -0.4 is 5.32 Å². The average molecular weight is 296 g/mol. The molecule has 0 atom stereocenters. The standard InChI is InChI=1S/C13H16N2O4S/c16-13-12-9-11(2-1-10(12)3-4-14-13)20(17,18)15-5-7-19-8-6-15/h1-2,9H,3-8H2,(H,14,16). The van der Waals surface area contributed by atoms with E-state index in [0.717, 1.165) is 12.0 Å². The van der Waals surface area contributed by atoms with Gasteiger partial charge in [0.1, 0.15) is 0 Å². The zero-order valence-electron chi connectivity index (χ0n) is 11.0. The number of morpholine rings is 1. The molecule has 1 aromatic carbocycles. The number of amides is 1. The van der Waals surface area contributed by atoms with Crippen LogP contribution in [0, 0.1) is 0 Å². The van der Waals surface area contributed by atoms with Crippen molar-refractivity contribution in [1.29, 1.82) is 0 Å². The molecule has 0 bridgehead atoms. The largest absolute Gasteiger partial charge is 0.379 e. The maximum Gasteiger partial charge on any atom is 0.251 e. The minimum absolute atomic E-state index is 0.176. The molecule has 1 fully saturated rings. The quantitative estimate of drug-likeness (QED) is 0.833. The van der Waals surface area contributed by atoms with Crippen molar-refractivity contribution in [2.45, 2.75) is 11.3 Å². The van der Waals surface area contributed by atoms with Gasteiger partial charge in [-0.15, -0.1) is 0 Å². The molecule has 0 saturated carbocycles. The SMILES string of the molecule is O=C1NCCc2ccc(S(=O)(=O)N3CCOCC3)cc21. The van der Waals surface area contributed by atoms with Crippen LogP contribution >= 0.6 is 0 Å². The molecule has 3 rings (SSSR count). The molecule has 6 nitrogen and oxygen atoms in total. The van der Waals surface area contributed by atoms with E-state index in [2.05, 4.69) is 5.32 Å². The van der Waals surface area contributed by atoms with Crippen molar-refractivity contribution in [2.75, 3.05) is 32.8 Å². The number of sulfonamides is 1. The molecule has 0 unspecified atom stereocenters. The number of benzene rings is 1. The second-order valence-electron chi connectivity index (χ2n) is 4.84. The van der Waals surface area contributed by atoms with Gasteiger partial charge >= 0.3 is 0 Å². The Bertz CT molecular complexity index is 636. The van der Waals surface area contributed by atoms with Gasteiger partial charge in [0.05, 0.1) is 18.1 Å². The molecule has 20 heavy (non-hydrogen) atoms. The highest BCUT2D eigenvalue weighted by Crippen LogP contribution is 2.22. The van der Waals surface area contributed by atoms with Crippen molar-refractivity contribution in [3.05, 3.63) is 29.3 Å². The molecule has 1 aromatic rings. The first-order valence-corrected chi connectivity index (χ1v) is 8.02. The van der Waals surface area contributed by atoms with Gasteiger partial charge < -0.3 is 10.1 Å². The van der Waals surface area contributed by atoms with Crippen molar-refractivity contribution in [2.24, 2.45) is 0 Å². The Morgan fingerprint density at radius 1 is 1.20 bits per heavy atom. The van der Waals surface area contributed by atoms with Gasteiger partial charge in [0.25, 0.3) is 5.91 Å². The van der Waals surface area contributed by atoms with Crippen LogP contribution in [-0.4, -0.2) is 51.5 Å². The van der Waals surface area contributed by atoms with E-state index < -0.39 is 10.0 Å². The molecule has 1 amide bonds. The molecule has 0 aromatic heterocycles. The summed E-state index contributed by atoms with van der Waals surface area (Å²) in [4.78, 5) is 12.0. The third-order valence-corrected chi connectivity index (χ3v) is 5.51. The molecule has 2 aliphatic rings. The lowest BCUT2D eigenvalue weighted by Gasteiger charge is -2.26. The fourth-order valence-corrected chi connectivity index (χ4v) is 3.92. The molecule has 1 saturated heterocycles. The molecular formula is C13H16N2O4S. The van der Waals surface area contributed by atoms with E-state index in [9.17, 15) is 13.2 Å². The Labute approximate surface area is 117 Å². The zero-order valence-corrected chi connectivity index (χ0v) is 11.8. The van der Waals surface area contributed by atoms with Crippen molar-refractivity contribution in [1.82, 2.24) is 9.62 Å². The van der Waals surface area contributed by atoms with Crippen LogP contribution in [-0.2, 0) is 21.2 Å². The Morgan fingerprint density at radius 3 is 2.70 bits per heavy atom. The summed E-state index contributed by atoms with van der Waals surface area (Å²) >= 11 is 0. The van der Waals surface area contributed by atoms with E-state index >= 15 is 0 Å². The first-order chi connectivity index (χ1) is 9.59. The molecule has 0 spiro atoms. The van der Waals surface area contributed by atoms with Gasteiger partial charge in [0, 0.05) is 25.2 Å². The number of carbonyl (C=O) groups excluding carboxylic acids is 1. The van der Waals surface area contributed by atoms with Crippen LogP contribution in [0.15, 0.2) is 23.1 Å². The summed E-state index contributed by atoms with van der Waals surface area (Å²) in [6.07, 6.45) is 0.735. The zero-order chi connectivity index (χ0) is 14.2. The van der Waals surface area contributed by atoms with Crippen LogP contribution in [0.4, 0.5) is 0 Å². The number of fused-ring (bicyclic) bond motifs is 1. The van der Waals surface area contributed by atoms with E-state index in [4.69, 9.17) is 4.74 Å².